The Labute approximate surface area is 238 Å². The number of sulfonamides is 1. The molecule has 5 aromatic rings. The second-order valence-corrected chi connectivity index (χ2v) is 11.5. The normalized spacial score (nSPS) is 11.6. The van der Waals surface area contributed by atoms with Gasteiger partial charge in [0.1, 0.15) is 0 Å². The van der Waals surface area contributed by atoms with Gasteiger partial charge < -0.3 is 0 Å². The van der Waals surface area contributed by atoms with Gasteiger partial charge in [-0.05, 0) is 59.7 Å². The molecule has 0 aliphatic heterocycles. The first kappa shape index (κ1) is 27.1. The van der Waals surface area contributed by atoms with Crippen molar-refractivity contribution in [2.24, 2.45) is 5.10 Å². The van der Waals surface area contributed by atoms with Gasteiger partial charge in [-0.25, -0.2) is 13.8 Å². The summed E-state index contributed by atoms with van der Waals surface area (Å²) in [5.74, 6) is -0.535. The van der Waals surface area contributed by atoms with Crippen molar-refractivity contribution in [2.45, 2.75) is 18.4 Å². The highest BCUT2D eigenvalue weighted by atomic mass is 35.5. The lowest BCUT2D eigenvalue weighted by molar-refractivity contribution is 0.0955. The van der Waals surface area contributed by atoms with Crippen LogP contribution in [0.3, 0.4) is 0 Å². The molecule has 0 heterocycles. The standard InChI is InChI=1S/C32H26ClN3O3S/c1-23-13-19-28(20-14-23)40(38,39)36(22-24-15-17-27(33)18-16-24)31-12-5-4-11-30(31)32(37)35-34-21-26-9-6-8-25-7-2-3-10-29(25)26/h2-21H,22H2,1H3,(H,35,37)/b34-21+. The summed E-state index contributed by atoms with van der Waals surface area (Å²) in [5.41, 5.74) is 5.46. The Bertz CT molecular complexity index is 1800. The molecule has 0 aromatic heterocycles. The van der Waals surface area contributed by atoms with Gasteiger partial charge >= 0.3 is 0 Å². The first-order chi connectivity index (χ1) is 19.3. The number of aryl methyl sites for hydroxylation is 1. The van der Waals surface area contributed by atoms with E-state index in [-0.39, 0.29) is 22.7 Å². The fraction of sp³-hybridized carbons (Fsp3) is 0.0625. The number of hydrogen-bond acceptors (Lipinski definition) is 4. The minimum Gasteiger partial charge on any atom is -0.267 e. The number of amides is 1. The number of halogens is 1. The summed E-state index contributed by atoms with van der Waals surface area (Å²) < 4.78 is 29.1. The summed E-state index contributed by atoms with van der Waals surface area (Å²) in [6, 6.07) is 33.9. The Morgan fingerprint density at radius 2 is 1.52 bits per heavy atom. The van der Waals surface area contributed by atoms with Crippen molar-refractivity contribution < 1.29 is 13.2 Å². The van der Waals surface area contributed by atoms with Gasteiger partial charge in [0, 0.05) is 10.6 Å². The van der Waals surface area contributed by atoms with E-state index in [9.17, 15) is 13.2 Å². The highest BCUT2D eigenvalue weighted by Gasteiger charge is 2.28. The maximum absolute atomic E-state index is 14.0. The topological polar surface area (TPSA) is 78.8 Å². The van der Waals surface area contributed by atoms with Crippen LogP contribution in [-0.2, 0) is 16.6 Å². The number of hydrazone groups is 1. The first-order valence-corrected chi connectivity index (χ1v) is 14.4. The summed E-state index contributed by atoms with van der Waals surface area (Å²) in [6.45, 7) is 1.89. The zero-order chi connectivity index (χ0) is 28.1. The molecule has 0 spiro atoms. The molecule has 0 unspecified atom stereocenters. The zero-order valence-corrected chi connectivity index (χ0v) is 23.2. The number of anilines is 1. The molecule has 5 aromatic carbocycles. The number of nitrogens with one attached hydrogen (secondary N) is 1. The lowest BCUT2D eigenvalue weighted by atomic mass is 10.1. The average Bonchev–Trinajstić information content (AvgIpc) is 2.97. The van der Waals surface area contributed by atoms with Crippen molar-refractivity contribution >= 4 is 50.2 Å². The highest BCUT2D eigenvalue weighted by molar-refractivity contribution is 7.92. The van der Waals surface area contributed by atoms with E-state index in [1.807, 2.05) is 49.4 Å². The fourth-order valence-electron chi connectivity index (χ4n) is 4.36. The van der Waals surface area contributed by atoms with Gasteiger partial charge in [-0.15, -0.1) is 0 Å². The molecule has 8 heteroatoms. The maximum Gasteiger partial charge on any atom is 0.273 e. The molecule has 0 saturated heterocycles. The minimum absolute atomic E-state index is 0.00303. The van der Waals surface area contributed by atoms with E-state index >= 15 is 0 Å². The molecule has 0 aliphatic rings. The predicted molar refractivity (Wildman–Crippen MR) is 161 cm³/mol. The molecular weight excluding hydrogens is 542 g/mol. The predicted octanol–water partition coefficient (Wildman–Crippen LogP) is 6.96. The third-order valence-electron chi connectivity index (χ3n) is 6.46. The second kappa shape index (κ2) is 11.7. The van der Waals surface area contributed by atoms with Crippen LogP contribution in [-0.4, -0.2) is 20.5 Å². The first-order valence-electron chi connectivity index (χ1n) is 12.6. The van der Waals surface area contributed by atoms with Gasteiger partial charge in [0.2, 0.25) is 0 Å². The lowest BCUT2D eigenvalue weighted by Crippen LogP contribution is -2.33. The third kappa shape index (κ3) is 5.91. The Kier molecular flexibility index (Phi) is 7.96. The summed E-state index contributed by atoms with van der Waals surface area (Å²) in [5, 5.41) is 6.79. The fourth-order valence-corrected chi connectivity index (χ4v) is 5.96. The average molecular weight is 568 g/mol. The van der Waals surface area contributed by atoms with Crippen LogP contribution in [0.4, 0.5) is 5.69 Å². The molecule has 5 rings (SSSR count). The quantitative estimate of drug-likeness (QED) is 0.163. The molecule has 1 amide bonds. The largest absolute Gasteiger partial charge is 0.273 e. The van der Waals surface area contributed by atoms with Gasteiger partial charge in [-0.1, -0.05) is 96.0 Å². The van der Waals surface area contributed by atoms with Gasteiger partial charge in [-0.2, -0.15) is 5.10 Å². The van der Waals surface area contributed by atoms with Crippen LogP contribution >= 0.6 is 11.6 Å². The minimum atomic E-state index is -4.04. The number of benzene rings is 5. The van der Waals surface area contributed by atoms with Gasteiger partial charge in [0.15, 0.2) is 0 Å². The summed E-state index contributed by atoms with van der Waals surface area (Å²) >= 11 is 6.06. The van der Waals surface area contributed by atoms with Crippen molar-refractivity contribution in [1.82, 2.24) is 5.43 Å². The molecule has 200 valence electrons. The molecule has 0 bridgehead atoms. The molecule has 40 heavy (non-hydrogen) atoms. The molecule has 1 N–H and O–H groups in total. The Balaban J connectivity index is 1.50. The second-order valence-electron chi connectivity index (χ2n) is 9.24. The van der Waals surface area contributed by atoms with Crippen LogP contribution in [0.15, 0.2) is 125 Å². The highest BCUT2D eigenvalue weighted by Crippen LogP contribution is 2.30. The number of fused-ring (bicyclic) bond motifs is 1. The molecular formula is C32H26ClN3O3S. The monoisotopic (exact) mass is 567 g/mol. The van der Waals surface area contributed by atoms with Crippen LogP contribution in [0.5, 0.6) is 0 Å². The number of carbonyl (C=O) groups excluding carboxylic acids is 1. The third-order valence-corrected chi connectivity index (χ3v) is 8.48. The number of rotatable bonds is 8. The van der Waals surface area contributed by atoms with E-state index in [2.05, 4.69) is 10.5 Å². The van der Waals surface area contributed by atoms with Crippen molar-refractivity contribution in [3.05, 3.63) is 143 Å². The lowest BCUT2D eigenvalue weighted by Gasteiger charge is -2.26. The smallest absolute Gasteiger partial charge is 0.267 e. The Morgan fingerprint density at radius 1 is 0.850 bits per heavy atom. The Hall–Kier alpha value is -4.46. The number of para-hydroxylation sites is 1. The number of carbonyl (C=O) groups is 1. The zero-order valence-electron chi connectivity index (χ0n) is 21.7. The summed E-state index contributed by atoms with van der Waals surface area (Å²) in [4.78, 5) is 13.5. The van der Waals surface area contributed by atoms with E-state index in [1.54, 1.807) is 79.0 Å². The van der Waals surface area contributed by atoms with E-state index in [1.165, 1.54) is 4.31 Å². The Morgan fingerprint density at radius 3 is 2.30 bits per heavy atom. The summed E-state index contributed by atoms with van der Waals surface area (Å²) in [7, 11) is -4.04. The molecule has 0 saturated carbocycles. The van der Waals surface area contributed by atoms with E-state index in [4.69, 9.17) is 11.6 Å². The van der Waals surface area contributed by atoms with Crippen LogP contribution in [0.25, 0.3) is 10.8 Å². The number of hydrogen-bond donors (Lipinski definition) is 1. The van der Waals surface area contributed by atoms with Crippen LogP contribution < -0.4 is 9.73 Å². The number of nitrogens with zero attached hydrogens (tertiary/aromatic N) is 2. The van der Waals surface area contributed by atoms with Gasteiger partial charge in [0.25, 0.3) is 15.9 Å². The van der Waals surface area contributed by atoms with Crippen LogP contribution in [0, 0.1) is 6.92 Å². The van der Waals surface area contributed by atoms with Crippen LogP contribution in [0.2, 0.25) is 5.02 Å². The molecule has 0 fully saturated rings. The van der Waals surface area contributed by atoms with E-state index < -0.39 is 15.9 Å². The van der Waals surface area contributed by atoms with Crippen molar-refractivity contribution in [2.75, 3.05) is 4.31 Å². The SMILES string of the molecule is Cc1ccc(S(=O)(=O)N(Cc2ccc(Cl)cc2)c2ccccc2C(=O)N/N=C/c2cccc3ccccc23)cc1. The maximum atomic E-state index is 14.0. The van der Waals surface area contributed by atoms with E-state index in [0.29, 0.717) is 10.6 Å². The molecule has 0 aliphatic carbocycles. The van der Waals surface area contributed by atoms with Crippen molar-refractivity contribution in [3.8, 4) is 0 Å². The molecule has 0 atom stereocenters. The molecule has 6 nitrogen and oxygen atoms in total. The summed E-state index contributed by atoms with van der Waals surface area (Å²) in [6.07, 6.45) is 1.58. The van der Waals surface area contributed by atoms with Crippen LogP contribution in [0.1, 0.15) is 27.0 Å². The van der Waals surface area contributed by atoms with Gasteiger partial charge in [0.05, 0.1) is 28.9 Å². The van der Waals surface area contributed by atoms with E-state index in [0.717, 1.165) is 21.9 Å². The van der Waals surface area contributed by atoms with Crippen molar-refractivity contribution in [1.29, 1.82) is 0 Å². The van der Waals surface area contributed by atoms with Crippen molar-refractivity contribution in [3.63, 3.8) is 0 Å². The van der Waals surface area contributed by atoms with Gasteiger partial charge in [-0.3, -0.25) is 9.10 Å². The molecule has 0 radical (unpaired) electrons.